The molecule has 0 N–H and O–H groups in total. The number of imide groups is 1. The van der Waals surface area contributed by atoms with Crippen LogP contribution in [-0.4, -0.2) is 39.4 Å². The van der Waals surface area contributed by atoms with Crippen molar-refractivity contribution in [1.82, 2.24) is 15.1 Å². The van der Waals surface area contributed by atoms with E-state index in [1.165, 1.54) is 11.3 Å². The van der Waals surface area contributed by atoms with Crippen LogP contribution in [0.3, 0.4) is 0 Å². The Morgan fingerprint density at radius 2 is 1.78 bits per heavy atom. The molecule has 140 valence electrons. The van der Waals surface area contributed by atoms with Crippen molar-refractivity contribution < 1.29 is 23.5 Å². The Morgan fingerprint density at radius 3 is 2.37 bits per heavy atom. The summed E-state index contributed by atoms with van der Waals surface area (Å²) in [5, 5.41) is 7.41. The molecular weight excluding hydrogens is 350 g/mol. The highest BCUT2D eigenvalue weighted by Crippen LogP contribution is 2.38. The summed E-state index contributed by atoms with van der Waals surface area (Å²) in [6.45, 7) is 0.0730. The molecule has 2 fully saturated rings. The first-order valence-electron chi connectivity index (χ1n) is 9.06. The predicted octanol–water partition coefficient (Wildman–Crippen LogP) is 2.21. The lowest BCUT2D eigenvalue weighted by atomic mass is 9.81. The summed E-state index contributed by atoms with van der Waals surface area (Å²) in [7, 11) is 0. The number of rotatable bonds is 5. The number of ether oxygens (including phenoxy) is 1. The minimum atomic E-state index is -0.490. The third-order valence-electron chi connectivity index (χ3n) is 5.16. The smallest absolute Gasteiger partial charge is 0.312 e. The SMILES string of the molecule is O=C(CCN1C(=O)C2CCCCC2C1=O)Oc1ccc(-c2nnco2)cc1. The largest absolute Gasteiger partial charge is 0.426 e. The van der Waals surface area contributed by atoms with Gasteiger partial charge in [-0.05, 0) is 37.1 Å². The Balaban J connectivity index is 1.32. The molecule has 1 aromatic heterocycles. The topological polar surface area (TPSA) is 103 Å². The van der Waals surface area contributed by atoms with E-state index in [1.807, 2.05) is 0 Å². The molecule has 0 bridgehead atoms. The summed E-state index contributed by atoms with van der Waals surface area (Å²) in [5.41, 5.74) is 0.711. The third kappa shape index (κ3) is 3.47. The zero-order valence-electron chi connectivity index (χ0n) is 14.7. The molecule has 2 unspecified atom stereocenters. The zero-order chi connectivity index (χ0) is 18.8. The molecule has 1 aliphatic carbocycles. The molecule has 1 saturated carbocycles. The van der Waals surface area contributed by atoms with E-state index in [9.17, 15) is 14.4 Å². The number of benzene rings is 1. The van der Waals surface area contributed by atoms with Crippen molar-refractivity contribution in [3.63, 3.8) is 0 Å². The number of aromatic nitrogens is 2. The maximum absolute atomic E-state index is 12.4. The summed E-state index contributed by atoms with van der Waals surface area (Å²) >= 11 is 0. The first-order valence-corrected chi connectivity index (χ1v) is 9.06. The number of esters is 1. The highest BCUT2D eigenvalue weighted by molar-refractivity contribution is 6.05. The highest BCUT2D eigenvalue weighted by Gasteiger charge is 2.47. The van der Waals surface area contributed by atoms with Crippen LogP contribution in [0.15, 0.2) is 35.1 Å². The molecule has 2 amide bonds. The average Bonchev–Trinajstić information content (AvgIpc) is 3.30. The number of likely N-dealkylation sites (tertiary alicyclic amines) is 1. The molecule has 2 heterocycles. The normalized spacial score (nSPS) is 22.0. The van der Waals surface area contributed by atoms with Gasteiger partial charge in [0.15, 0.2) is 0 Å². The number of hydrogen-bond acceptors (Lipinski definition) is 7. The van der Waals surface area contributed by atoms with Crippen molar-refractivity contribution in [3.8, 4) is 17.2 Å². The van der Waals surface area contributed by atoms with Crippen LogP contribution in [-0.2, 0) is 14.4 Å². The van der Waals surface area contributed by atoms with Crippen LogP contribution in [0, 0.1) is 11.8 Å². The Kier molecular flexibility index (Phi) is 4.70. The molecule has 1 aliphatic heterocycles. The summed E-state index contributed by atoms with van der Waals surface area (Å²) in [5.74, 6) is -0.408. The number of nitrogens with zero attached hydrogens (tertiary/aromatic N) is 3. The van der Waals surface area contributed by atoms with Gasteiger partial charge in [-0.3, -0.25) is 19.3 Å². The van der Waals surface area contributed by atoms with Crippen molar-refractivity contribution in [2.75, 3.05) is 6.54 Å². The predicted molar refractivity (Wildman–Crippen MR) is 92.2 cm³/mol. The Labute approximate surface area is 155 Å². The molecule has 27 heavy (non-hydrogen) atoms. The van der Waals surface area contributed by atoms with Crippen LogP contribution in [0.4, 0.5) is 0 Å². The van der Waals surface area contributed by atoms with Gasteiger partial charge in [0.2, 0.25) is 24.1 Å². The monoisotopic (exact) mass is 369 g/mol. The number of amides is 2. The van der Waals surface area contributed by atoms with E-state index < -0.39 is 5.97 Å². The Hall–Kier alpha value is -3.03. The van der Waals surface area contributed by atoms with Gasteiger partial charge in [0.05, 0.1) is 18.3 Å². The number of hydrogen-bond donors (Lipinski definition) is 0. The van der Waals surface area contributed by atoms with Crippen LogP contribution in [0.25, 0.3) is 11.5 Å². The van der Waals surface area contributed by atoms with Crippen LogP contribution < -0.4 is 4.74 Å². The van der Waals surface area contributed by atoms with Gasteiger partial charge in [-0.15, -0.1) is 10.2 Å². The van der Waals surface area contributed by atoms with E-state index in [4.69, 9.17) is 9.15 Å². The lowest BCUT2D eigenvalue weighted by Gasteiger charge is -2.19. The minimum Gasteiger partial charge on any atom is -0.426 e. The van der Waals surface area contributed by atoms with Crippen molar-refractivity contribution in [2.45, 2.75) is 32.1 Å². The molecule has 2 aromatic rings. The van der Waals surface area contributed by atoms with Crippen molar-refractivity contribution in [2.24, 2.45) is 11.8 Å². The van der Waals surface area contributed by atoms with Gasteiger partial charge < -0.3 is 9.15 Å². The van der Waals surface area contributed by atoms with Crippen molar-refractivity contribution >= 4 is 17.8 Å². The summed E-state index contributed by atoms with van der Waals surface area (Å²) in [6, 6.07) is 6.65. The fourth-order valence-corrected chi connectivity index (χ4v) is 3.80. The average molecular weight is 369 g/mol. The molecule has 4 rings (SSSR count). The molecule has 8 nitrogen and oxygen atoms in total. The van der Waals surface area contributed by atoms with Crippen molar-refractivity contribution in [3.05, 3.63) is 30.7 Å². The molecule has 2 atom stereocenters. The molecule has 1 aromatic carbocycles. The van der Waals surface area contributed by atoms with E-state index >= 15 is 0 Å². The second-order valence-electron chi connectivity index (χ2n) is 6.82. The van der Waals surface area contributed by atoms with Gasteiger partial charge in [0, 0.05) is 12.1 Å². The highest BCUT2D eigenvalue weighted by atomic mass is 16.5. The first-order chi connectivity index (χ1) is 13.1. The van der Waals surface area contributed by atoms with E-state index in [1.54, 1.807) is 24.3 Å². The van der Waals surface area contributed by atoms with Crippen molar-refractivity contribution in [1.29, 1.82) is 0 Å². The second-order valence-corrected chi connectivity index (χ2v) is 6.82. The number of carbonyl (C=O) groups excluding carboxylic acids is 3. The molecular formula is C19H19N3O5. The fraction of sp³-hybridized carbons (Fsp3) is 0.421. The molecule has 1 saturated heterocycles. The maximum Gasteiger partial charge on any atom is 0.312 e. The lowest BCUT2D eigenvalue weighted by Crippen LogP contribution is -2.33. The van der Waals surface area contributed by atoms with E-state index in [0.29, 0.717) is 17.2 Å². The minimum absolute atomic E-state index is 0.0255. The zero-order valence-corrected chi connectivity index (χ0v) is 14.7. The summed E-state index contributed by atoms with van der Waals surface area (Å²) < 4.78 is 10.4. The van der Waals surface area contributed by atoms with Gasteiger partial charge in [-0.1, -0.05) is 12.8 Å². The lowest BCUT2D eigenvalue weighted by molar-refractivity contribution is -0.141. The Bertz CT molecular complexity index is 823. The molecule has 0 spiro atoms. The van der Waals surface area contributed by atoms with E-state index in [2.05, 4.69) is 10.2 Å². The molecule has 8 heteroatoms. The quantitative estimate of drug-likeness (QED) is 0.452. The third-order valence-corrected chi connectivity index (χ3v) is 5.16. The fourth-order valence-electron chi connectivity index (χ4n) is 3.80. The summed E-state index contributed by atoms with van der Waals surface area (Å²) in [4.78, 5) is 38.1. The van der Waals surface area contributed by atoms with Gasteiger partial charge in [-0.2, -0.15) is 0 Å². The second kappa shape index (κ2) is 7.30. The van der Waals surface area contributed by atoms with Crippen LogP contribution in [0.1, 0.15) is 32.1 Å². The van der Waals surface area contributed by atoms with Crippen LogP contribution in [0.2, 0.25) is 0 Å². The van der Waals surface area contributed by atoms with Gasteiger partial charge in [0.25, 0.3) is 0 Å². The Morgan fingerprint density at radius 1 is 1.11 bits per heavy atom. The molecule has 0 radical (unpaired) electrons. The standard InChI is InChI=1S/C19H19N3O5/c23-16(27-13-7-5-12(6-8-13)17-21-20-11-26-17)9-10-22-18(24)14-3-1-2-4-15(14)19(22)25/h5-8,11,14-15H,1-4,9-10H2. The first kappa shape index (κ1) is 17.4. The maximum atomic E-state index is 12.4. The van der Waals surface area contributed by atoms with Gasteiger partial charge >= 0.3 is 5.97 Å². The van der Waals surface area contributed by atoms with Crippen LogP contribution in [0.5, 0.6) is 5.75 Å². The summed E-state index contributed by atoms with van der Waals surface area (Å²) in [6.07, 6.45) is 4.71. The number of carbonyl (C=O) groups is 3. The van der Waals surface area contributed by atoms with E-state index in [0.717, 1.165) is 25.7 Å². The molecule has 2 aliphatic rings. The van der Waals surface area contributed by atoms with E-state index in [-0.39, 0.29) is 36.6 Å². The van der Waals surface area contributed by atoms with Gasteiger partial charge in [0.1, 0.15) is 5.75 Å². The number of fused-ring (bicyclic) bond motifs is 1. The van der Waals surface area contributed by atoms with Crippen LogP contribution >= 0.6 is 0 Å². The van der Waals surface area contributed by atoms with Gasteiger partial charge in [-0.25, -0.2) is 0 Å².